The van der Waals surface area contributed by atoms with Crippen LogP contribution < -0.4 is 5.73 Å². The number of allylic oxidation sites excluding steroid dienone is 3. The van der Waals surface area contributed by atoms with E-state index >= 15 is 0 Å². The highest BCUT2D eigenvalue weighted by atomic mass is 16.1. The number of rotatable bonds is 1. The molecule has 0 aromatic carbocycles. The van der Waals surface area contributed by atoms with E-state index in [0.29, 0.717) is 22.7 Å². The summed E-state index contributed by atoms with van der Waals surface area (Å²) in [6, 6.07) is 0. The van der Waals surface area contributed by atoms with Gasteiger partial charge in [-0.15, -0.1) is 0 Å². The first-order chi connectivity index (χ1) is 11.2. The molecule has 0 bridgehead atoms. The monoisotopic (exact) mass is 327 g/mol. The third-order valence-electron chi connectivity index (χ3n) is 8.71. The van der Waals surface area contributed by atoms with Crippen molar-refractivity contribution >= 4 is 5.91 Å². The van der Waals surface area contributed by atoms with Gasteiger partial charge in [0.25, 0.3) is 0 Å². The van der Waals surface area contributed by atoms with E-state index < -0.39 is 0 Å². The smallest absolute Gasteiger partial charge is 0.244 e. The number of nitrogens with two attached hydrogens (primary N) is 1. The van der Waals surface area contributed by atoms with Crippen molar-refractivity contribution in [2.75, 3.05) is 0 Å². The molecule has 0 aromatic rings. The topological polar surface area (TPSA) is 43.1 Å². The highest BCUT2D eigenvalue weighted by Gasteiger charge is 2.55. The zero-order valence-corrected chi connectivity index (χ0v) is 15.8. The number of hydrogen-bond donors (Lipinski definition) is 1. The summed E-state index contributed by atoms with van der Waals surface area (Å²) in [6.45, 7) is 9.98. The molecule has 4 aliphatic carbocycles. The summed E-state index contributed by atoms with van der Waals surface area (Å²) >= 11 is 0. The Morgan fingerprint density at radius 1 is 1.12 bits per heavy atom. The van der Waals surface area contributed by atoms with Crippen molar-refractivity contribution in [3.63, 3.8) is 0 Å². The predicted octanol–water partition coefficient (Wildman–Crippen LogP) is 4.85. The van der Waals surface area contributed by atoms with E-state index in [9.17, 15) is 4.79 Å². The van der Waals surface area contributed by atoms with Gasteiger partial charge in [-0.2, -0.15) is 0 Å². The second-order valence-electron chi connectivity index (χ2n) is 10.1. The lowest BCUT2D eigenvalue weighted by Crippen LogP contribution is -2.51. The van der Waals surface area contributed by atoms with Gasteiger partial charge >= 0.3 is 0 Å². The summed E-state index contributed by atoms with van der Waals surface area (Å²) in [5, 5.41) is 0. The first-order valence-electron chi connectivity index (χ1n) is 9.92. The molecule has 2 fully saturated rings. The SMILES string of the molecule is CC1(C)CCC2=CCC3C4CC(C(N)=O)=CC4CCC3C2C1(C)C. The van der Waals surface area contributed by atoms with Crippen molar-refractivity contribution in [3.8, 4) is 0 Å². The number of primary amides is 1. The first kappa shape index (κ1) is 16.4. The second-order valence-corrected chi connectivity index (χ2v) is 10.1. The third kappa shape index (κ3) is 2.17. The van der Waals surface area contributed by atoms with Crippen LogP contribution in [0.15, 0.2) is 23.3 Å². The minimum absolute atomic E-state index is 0.188. The van der Waals surface area contributed by atoms with Crippen LogP contribution in [-0.4, -0.2) is 5.91 Å². The maximum atomic E-state index is 11.7. The fourth-order valence-electron chi connectivity index (χ4n) is 6.63. The molecular formula is C22H33NO. The van der Waals surface area contributed by atoms with Gasteiger partial charge in [0.15, 0.2) is 0 Å². The van der Waals surface area contributed by atoms with E-state index in [4.69, 9.17) is 5.73 Å². The van der Waals surface area contributed by atoms with E-state index in [1.54, 1.807) is 5.57 Å². The molecule has 132 valence electrons. The predicted molar refractivity (Wildman–Crippen MR) is 98.1 cm³/mol. The van der Waals surface area contributed by atoms with Crippen LogP contribution in [0.5, 0.6) is 0 Å². The number of carbonyl (C=O) groups is 1. The fourth-order valence-corrected chi connectivity index (χ4v) is 6.63. The molecule has 4 rings (SSSR count). The third-order valence-corrected chi connectivity index (χ3v) is 8.71. The minimum Gasteiger partial charge on any atom is -0.366 e. The van der Waals surface area contributed by atoms with Crippen LogP contribution in [0.25, 0.3) is 0 Å². The van der Waals surface area contributed by atoms with E-state index in [-0.39, 0.29) is 5.91 Å². The van der Waals surface area contributed by atoms with Gasteiger partial charge in [0, 0.05) is 5.57 Å². The van der Waals surface area contributed by atoms with Crippen molar-refractivity contribution in [1.82, 2.24) is 0 Å². The van der Waals surface area contributed by atoms with Crippen LogP contribution in [0, 0.1) is 40.4 Å². The molecule has 0 radical (unpaired) electrons. The maximum Gasteiger partial charge on any atom is 0.244 e. The highest BCUT2D eigenvalue weighted by molar-refractivity contribution is 5.92. The largest absolute Gasteiger partial charge is 0.366 e. The lowest BCUT2D eigenvalue weighted by molar-refractivity contribution is -0.114. The number of hydrogen-bond acceptors (Lipinski definition) is 1. The van der Waals surface area contributed by atoms with Crippen LogP contribution in [0.2, 0.25) is 0 Å². The van der Waals surface area contributed by atoms with Crippen LogP contribution in [-0.2, 0) is 4.79 Å². The summed E-state index contributed by atoms with van der Waals surface area (Å²) in [7, 11) is 0. The van der Waals surface area contributed by atoms with Crippen LogP contribution in [0.4, 0.5) is 0 Å². The van der Waals surface area contributed by atoms with Crippen molar-refractivity contribution in [1.29, 1.82) is 0 Å². The molecule has 5 unspecified atom stereocenters. The number of carbonyl (C=O) groups excluding carboxylic acids is 1. The molecule has 24 heavy (non-hydrogen) atoms. The fraction of sp³-hybridized carbons (Fsp3) is 0.773. The summed E-state index contributed by atoms with van der Waals surface area (Å²) < 4.78 is 0. The normalized spacial score (nSPS) is 42.2. The van der Waals surface area contributed by atoms with Gasteiger partial charge in [-0.3, -0.25) is 4.79 Å². The highest BCUT2D eigenvalue weighted by Crippen LogP contribution is 2.64. The van der Waals surface area contributed by atoms with E-state index in [0.717, 1.165) is 29.7 Å². The van der Waals surface area contributed by atoms with E-state index in [2.05, 4.69) is 39.8 Å². The molecule has 0 aromatic heterocycles. The Morgan fingerprint density at radius 3 is 2.58 bits per heavy atom. The zero-order chi connectivity index (χ0) is 17.3. The second kappa shape index (κ2) is 5.22. The molecule has 5 atom stereocenters. The Kier molecular flexibility index (Phi) is 3.57. The lowest BCUT2D eigenvalue weighted by atomic mass is 9.45. The van der Waals surface area contributed by atoms with E-state index in [1.807, 2.05) is 0 Å². The Balaban J connectivity index is 1.66. The number of amides is 1. The zero-order valence-electron chi connectivity index (χ0n) is 15.8. The van der Waals surface area contributed by atoms with Gasteiger partial charge in [0.05, 0.1) is 0 Å². The van der Waals surface area contributed by atoms with Crippen molar-refractivity contribution in [2.45, 2.75) is 66.2 Å². The molecule has 1 amide bonds. The molecular weight excluding hydrogens is 294 g/mol. The molecule has 0 saturated heterocycles. The van der Waals surface area contributed by atoms with Crippen molar-refractivity contribution in [3.05, 3.63) is 23.3 Å². The van der Waals surface area contributed by atoms with Crippen LogP contribution in [0.1, 0.15) is 66.2 Å². The molecule has 0 aliphatic heterocycles. The van der Waals surface area contributed by atoms with Crippen LogP contribution in [0.3, 0.4) is 0 Å². The molecule has 2 N–H and O–H groups in total. The van der Waals surface area contributed by atoms with E-state index in [1.165, 1.54) is 32.1 Å². The summed E-state index contributed by atoms with van der Waals surface area (Å²) in [4.78, 5) is 11.7. The Bertz CT molecular complexity index is 624. The molecule has 2 saturated carbocycles. The van der Waals surface area contributed by atoms with Gasteiger partial charge in [0.2, 0.25) is 5.91 Å². The minimum atomic E-state index is -0.188. The molecule has 0 heterocycles. The summed E-state index contributed by atoms with van der Waals surface area (Å²) in [5.41, 5.74) is 9.00. The quantitative estimate of drug-likeness (QED) is 0.687. The van der Waals surface area contributed by atoms with Crippen molar-refractivity contribution < 1.29 is 4.79 Å². The standard InChI is InChI=1S/C22H33NO/c1-21(2)10-9-13-5-7-16-17(19(13)22(21,3)4)8-6-14-11-15(20(23)24)12-18(14)16/h5,11,14,16-19H,6-10,12H2,1-4H3,(H2,23,24). The average molecular weight is 328 g/mol. The van der Waals surface area contributed by atoms with Gasteiger partial charge in [-0.1, -0.05) is 45.4 Å². The van der Waals surface area contributed by atoms with Crippen LogP contribution >= 0.6 is 0 Å². The Hall–Kier alpha value is -1.05. The van der Waals surface area contributed by atoms with Gasteiger partial charge in [0.1, 0.15) is 0 Å². The average Bonchev–Trinajstić information content (AvgIpc) is 2.95. The lowest BCUT2D eigenvalue weighted by Gasteiger charge is -2.59. The molecule has 2 heteroatoms. The first-order valence-corrected chi connectivity index (χ1v) is 9.92. The van der Waals surface area contributed by atoms with Gasteiger partial charge in [-0.25, -0.2) is 0 Å². The van der Waals surface area contributed by atoms with Gasteiger partial charge in [-0.05, 0) is 78.9 Å². The number of fused-ring (bicyclic) bond motifs is 5. The summed E-state index contributed by atoms with van der Waals surface area (Å²) in [5.74, 6) is 3.36. The molecule has 4 aliphatic rings. The van der Waals surface area contributed by atoms with Crippen molar-refractivity contribution in [2.24, 2.45) is 46.2 Å². The maximum absolute atomic E-state index is 11.7. The Morgan fingerprint density at radius 2 is 1.88 bits per heavy atom. The molecule has 0 spiro atoms. The Labute approximate surface area is 147 Å². The summed E-state index contributed by atoms with van der Waals surface area (Å²) in [6.07, 6.45) is 12.2. The van der Waals surface area contributed by atoms with Gasteiger partial charge < -0.3 is 5.73 Å². The molecule has 2 nitrogen and oxygen atoms in total.